The summed E-state index contributed by atoms with van der Waals surface area (Å²) in [5, 5.41) is 12.1. The van der Waals surface area contributed by atoms with E-state index in [0.29, 0.717) is 11.5 Å². The normalized spacial score (nSPS) is 17.4. The molecule has 116 valence electrons. The van der Waals surface area contributed by atoms with Gasteiger partial charge in [-0.25, -0.2) is 4.68 Å². The van der Waals surface area contributed by atoms with Gasteiger partial charge in [0.1, 0.15) is 12.4 Å². The van der Waals surface area contributed by atoms with Crippen molar-refractivity contribution in [2.75, 3.05) is 5.32 Å². The highest BCUT2D eigenvalue weighted by Crippen LogP contribution is 2.37. The zero-order valence-electron chi connectivity index (χ0n) is 13.5. The summed E-state index contributed by atoms with van der Waals surface area (Å²) in [5.74, 6) is 0.676. The van der Waals surface area contributed by atoms with Gasteiger partial charge in [0.2, 0.25) is 5.95 Å². The summed E-state index contributed by atoms with van der Waals surface area (Å²) in [4.78, 5) is 16.5. The molecule has 1 aliphatic rings. The molecule has 0 bridgehead atoms. The molecule has 0 radical (unpaired) electrons. The first-order chi connectivity index (χ1) is 10.5. The smallest absolute Gasteiger partial charge is 0.226 e. The van der Waals surface area contributed by atoms with Crippen molar-refractivity contribution in [2.45, 2.75) is 47.2 Å². The van der Waals surface area contributed by atoms with Crippen LogP contribution in [-0.4, -0.2) is 30.3 Å². The number of nitrogens with zero attached hydrogens (tertiary/aromatic N) is 5. The van der Waals surface area contributed by atoms with Crippen LogP contribution in [0.25, 0.3) is 0 Å². The Balaban J connectivity index is 2.28. The highest BCUT2D eigenvalue weighted by atomic mass is 16.1. The van der Waals surface area contributed by atoms with Crippen LogP contribution in [0.3, 0.4) is 0 Å². The number of Topliss-reactive ketones (excluding diaryl/α,β-unsaturated/α-hetero) is 1. The van der Waals surface area contributed by atoms with Crippen molar-refractivity contribution < 1.29 is 4.79 Å². The van der Waals surface area contributed by atoms with Crippen LogP contribution in [0.15, 0.2) is 17.6 Å². The van der Waals surface area contributed by atoms with Crippen molar-refractivity contribution in [3.8, 4) is 0 Å². The van der Waals surface area contributed by atoms with Gasteiger partial charge in [-0.3, -0.25) is 9.48 Å². The third kappa shape index (κ3) is 1.96. The molecule has 0 spiro atoms. The van der Waals surface area contributed by atoms with E-state index in [0.717, 1.165) is 29.2 Å². The van der Waals surface area contributed by atoms with Gasteiger partial charge in [0.05, 0.1) is 5.69 Å². The molecule has 7 nitrogen and oxygen atoms in total. The third-order valence-electron chi connectivity index (χ3n) is 4.18. The molecule has 0 aromatic carbocycles. The van der Waals surface area contributed by atoms with E-state index in [1.165, 1.54) is 6.33 Å². The zero-order valence-corrected chi connectivity index (χ0v) is 13.5. The molecule has 0 amide bonds. The van der Waals surface area contributed by atoms with Crippen LogP contribution in [0, 0.1) is 13.8 Å². The fraction of sp³-hybridized carbons (Fsp3) is 0.467. The Morgan fingerprint density at radius 3 is 2.68 bits per heavy atom. The maximum Gasteiger partial charge on any atom is 0.226 e. The van der Waals surface area contributed by atoms with Crippen LogP contribution in [-0.2, 0) is 11.3 Å². The van der Waals surface area contributed by atoms with Crippen molar-refractivity contribution in [1.29, 1.82) is 0 Å². The molecule has 22 heavy (non-hydrogen) atoms. The number of allylic oxidation sites excluding steroid dienone is 2. The van der Waals surface area contributed by atoms with Crippen molar-refractivity contribution in [1.82, 2.24) is 24.5 Å². The number of anilines is 1. The fourth-order valence-corrected chi connectivity index (χ4v) is 3.23. The van der Waals surface area contributed by atoms with E-state index < -0.39 is 0 Å². The predicted molar refractivity (Wildman–Crippen MR) is 82.5 cm³/mol. The van der Waals surface area contributed by atoms with Gasteiger partial charge in [-0.05, 0) is 34.6 Å². The molecule has 0 saturated carbocycles. The van der Waals surface area contributed by atoms with Gasteiger partial charge in [-0.2, -0.15) is 15.2 Å². The van der Waals surface area contributed by atoms with Crippen LogP contribution in [0.4, 0.5) is 5.95 Å². The Morgan fingerprint density at radius 2 is 2.09 bits per heavy atom. The van der Waals surface area contributed by atoms with E-state index in [1.807, 2.05) is 25.5 Å². The molecule has 1 atom stereocenters. The van der Waals surface area contributed by atoms with E-state index in [9.17, 15) is 4.79 Å². The SMILES string of the molecule is CCn1nc(C)c(C2C(C(C)=O)=C(C)Nc3ncnn32)c1C. The van der Waals surface area contributed by atoms with Gasteiger partial charge in [-0.15, -0.1) is 0 Å². The van der Waals surface area contributed by atoms with Crippen molar-refractivity contribution >= 4 is 11.7 Å². The second-order valence-electron chi connectivity index (χ2n) is 5.55. The molecule has 1 unspecified atom stereocenters. The van der Waals surface area contributed by atoms with Crippen molar-refractivity contribution in [3.63, 3.8) is 0 Å². The lowest BCUT2D eigenvalue weighted by Gasteiger charge is -2.28. The number of aromatic nitrogens is 5. The monoisotopic (exact) mass is 300 g/mol. The number of aryl methyl sites for hydroxylation is 2. The first kappa shape index (κ1) is 14.5. The lowest BCUT2D eigenvalue weighted by atomic mass is 9.92. The van der Waals surface area contributed by atoms with E-state index in [4.69, 9.17) is 0 Å². The van der Waals surface area contributed by atoms with Crippen molar-refractivity contribution in [2.24, 2.45) is 0 Å². The molecule has 2 aromatic rings. The van der Waals surface area contributed by atoms with Crippen LogP contribution in [0.5, 0.6) is 0 Å². The Kier molecular flexibility index (Phi) is 3.35. The van der Waals surface area contributed by atoms with Crippen LogP contribution < -0.4 is 5.32 Å². The topological polar surface area (TPSA) is 77.6 Å². The number of carbonyl (C=O) groups excluding carboxylic acids is 1. The molecular weight excluding hydrogens is 280 g/mol. The van der Waals surface area contributed by atoms with Crippen molar-refractivity contribution in [3.05, 3.63) is 34.5 Å². The number of ketones is 1. The van der Waals surface area contributed by atoms with E-state index >= 15 is 0 Å². The molecule has 2 aromatic heterocycles. The molecular formula is C15H20N6O. The minimum atomic E-state index is -0.281. The minimum absolute atomic E-state index is 0.0270. The average Bonchev–Trinajstić information content (AvgIpc) is 3.01. The summed E-state index contributed by atoms with van der Waals surface area (Å²) in [6.07, 6.45) is 1.50. The Bertz CT molecular complexity index is 782. The average molecular weight is 300 g/mol. The van der Waals surface area contributed by atoms with E-state index in [1.54, 1.807) is 11.6 Å². The maximum atomic E-state index is 12.2. The van der Waals surface area contributed by atoms with Gasteiger partial charge in [0.25, 0.3) is 0 Å². The first-order valence-electron chi connectivity index (χ1n) is 7.37. The van der Waals surface area contributed by atoms with E-state index in [-0.39, 0.29) is 11.8 Å². The van der Waals surface area contributed by atoms with Gasteiger partial charge < -0.3 is 5.32 Å². The quantitative estimate of drug-likeness (QED) is 0.938. The fourth-order valence-electron chi connectivity index (χ4n) is 3.23. The molecule has 0 aliphatic carbocycles. The maximum absolute atomic E-state index is 12.2. The zero-order chi connectivity index (χ0) is 16.0. The molecule has 0 saturated heterocycles. The summed E-state index contributed by atoms with van der Waals surface area (Å²) in [5.41, 5.74) is 4.53. The van der Waals surface area contributed by atoms with Crippen LogP contribution in [0.1, 0.15) is 43.8 Å². The summed E-state index contributed by atoms with van der Waals surface area (Å²) in [6.45, 7) is 10.3. The Hall–Kier alpha value is -2.44. The summed E-state index contributed by atoms with van der Waals surface area (Å²) in [6, 6.07) is -0.281. The van der Waals surface area contributed by atoms with Gasteiger partial charge in [-0.1, -0.05) is 0 Å². The lowest BCUT2D eigenvalue weighted by Crippen LogP contribution is -2.28. The highest BCUT2D eigenvalue weighted by Gasteiger charge is 2.35. The van der Waals surface area contributed by atoms with Crippen LogP contribution >= 0.6 is 0 Å². The van der Waals surface area contributed by atoms with Gasteiger partial charge in [0.15, 0.2) is 5.78 Å². The molecule has 3 rings (SSSR count). The number of hydrogen-bond acceptors (Lipinski definition) is 5. The second-order valence-corrected chi connectivity index (χ2v) is 5.55. The summed E-state index contributed by atoms with van der Waals surface area (Å²) in [7, 11) is 0. The van der Waals surface area contributed by atoms with Crippen LogP contribution in [0.2, 0.25) is 0 Å². The highest BCUT2D eigenvalue weighted by molar-refractivity contribution is 5.96. The van der Waals surface area contributed by atoms with E-state index in [2.05, 4.69) is 27.4 Å². The molecule has 0 fully saturated rings. The third-order valence-corrected chi connectivity index (χ3v) is 4.18. The number of carbonyl (C=O) groups is 1. The summed E-state index contributed by atoms with van der Waals surface area (Å²) < 4.78 is 3.72. The standard InChI is InChI=1S/C15H20N6O/c1-6-20-10(4)12(9(3)19-20)14-13(11(5)22)8(2)18-15-16-7-17-21(14)15/h7,14H,6H2,1-5H3,(H,16,17,18). The lowest BCUT2D eigenvalue weighted by molar-refractivity contribution is -0.114. The Morgan fingerprint density at radius 1 is 1.36 bits per heavy atom. The van der Waals surface area contributed by atoms with Gasteiger partial charge in [0, 0.05) is 29.1 Å². The largest absolute Gasteiger partial charge is 0.328 e. The molecule has 1 aliphatic heterocycles. The molecule has 1 N–H and O–H groups in total. The minimum Gasteiger partial charge on any atom is -0.328 e. The number of rotatable bonds is 3. The van der Waals surface area contributed by atoms with Gasteiger partial charge >= 0.3 is 0 Å². The predicted octanol–water partition coefficient (Wildman–Crippen LogP) is 1.99. The first-order valence-corrected chi connectivity index (χ1v) is 7.37. The second kappa shape index (κ2) is 5.08. The number of fused-ring (bicyclic) bond motifs is 1. The molecule has 7 heteroatoms. The number of nitrogens with one attached hydrogen (secondary N) is 1. The summed E-state index contributed by atoms with van der Waals surface area (Å²) >= 11 is 0. The Labute approximate surface area is 129 Å². The number of hydrogen-bond donors (Lipinski definition) is 1. The molecule has 3 heterocycles.